The van der Waals surface area contributed by atoms with Gasteiger partial charge >= 0.3 is 0 Å². The summed E-state index contributed by atoms with van der Waals surface area (Å²) in [6.07, 6.45) is 1.51. The second-order valence-electron chi connectivity index (χ2n) is 1.22. The highest BCUT2D eigenvalue weighted by atomic mass is 14.6. The van der Waals surface area contributed by atoms with Crippen LogP contribution >= 0.6 is 0 Å². The van der Waals surface area contributed by atoms with Crippen molar-refractivity contribution in [1.29, 1.82) is 0 Å². The Balaban J connectivity index is 3.22. The van der Waals surface area contributed by atoms with Gasteiger partial charge in [-0.3, -0.25) is 0 Å². The predicted octanol–water partition coefficient (Wildman–Crippen LogP) is -0.192. The second-order valence-corrected chi connectivity index (χ2v) is 1.22. The summed E-state index contributed by atoms with van der Waals surface area (Å²) in [5.41, 5.74) is 11.2. The maximum atomic E-state index is 5.13. The molecule has 6 heavy (non-hydrogen) atoms. The fourth-order valence-electron chi connectivity index (χ4n) is 0.0680. The van der Waals surface area contributed by atoms with Crippen molar-refractivity contribution in [1.82, 2.24) is 0 Å². The largest absolute Gasteiger partial charge is 0.405 e. The average Bonchev–Trinajstić information content (AvgIpc) is 1.65. The summed E-state index contributed by atoms with van der Waals surface area (Å²) in [7, 11) is 0. The first kappa shape index (κ1) is 5.50. The summed E-state index contributed by atoms with van der Waals surface area (Å²) < 4.78 is 0. The quantitative estimate of drug-likeness (QED) is 0.464. The third kappa shape index (κ3) is 1.79. The monoisotopic (exact) mass is 86.1 g/mol. The Morgan fingerprint density at radius 2 is 2.33 bits per heavy atom. The molecule has 0 radical (unpaired) electrons. The molecule has 0 aromatic carbocycles. The molecule has 0 aromatic rings. The molecule has 0 saturated carbocycles. The maximum Gasteiger partial charge on any atom is 0.0151 e. The van der Waals surface area contributed by atoms with E-state index in [4.69, 9.17) is 11.5 Å². The second kappa shape index (κ2) is 2.72. The van der Waals surface area contributed by atoms with Gasteiger partial charge in [-0.15, -0.1) is 0 Å². The maximum absolute atomic E-state index is 5.13. The molecule has 2 heteroatoms. The van der Waals surface area contributed by atoms with Gasteiger partial charge in [-0.05, 0) is 18.7 Å². The van der Waals surface area contributed by atoms with E-state index in [1.54, 1.807) is 0 Å². The van der Waals surface area contributed by atoms with Crippen molar-refractivity contribution in [3.8, 4) is 0 Å². The minimum atomic E-state index is 0.566. The Morgan fingerprint density at radius 3 is 2.33 bits per heavy atom. The predicted molar refractivity (Wildman–Crippen MR) is 27.0 cm³/mol. The number of hydrogen-bond donors (Lipinski definition) is 2. The van der Waals surface area contributed by atoms with Crippen LogP contribution < -0.4 is 11.5 Å². The highest BCUT2D eigenvalue weighted by Gasteiger charge is 1.73. The summed E-state index contributed by atoms with van der Waals surface area (Å²) in [5.74, 6) is 0. The Labute approximate surface area is 37.8 Å². The van der Waals surface area contributed by atoms with Crippen LogP contribution in [0.2, 0.25) is 0 Å². The van der Waals surface area contributed by atoms with E-state index in [1.165, 1.54) is 6.20 Å². The Kier molecular flexibility index (Phi) is 2.50. The fraction of sp³-hybridized carbons (Fsp3) is 0.500. The number of rotatable bonds is 1. The zero-order valence-corrected chi connectivity index (χ0v) is 3.94. The first-order valence-electron chi connectivity index (χ1n) is 1.88. The third-order valence-corrected chi connectivity index (χ3v) is 0.606. The molecule has 0 fully saturated rings. The van der Waals surface area contributed by atoms with Gasteiger partial charge in [0.2, 0.25) is 0 Å². The molecule has 0 saturated heterocycles. The van der Waals surface area contributed by atoms with Gasteiger partial charge in [0, 0.05) is 6.54 Å². The Hall–Kier alpha value is -0.500. The molecule has 0 rings (SSSR count). The van der Waals surface area contributed by atoms with Crippen molar-refractivity contribution in [3.63, 3.8) is 0 Å². The standard InChI is InChI=1S/C4H10N2/c1-4(2-5)3-6/h2H,3,5-6H2,1H3/b4-2-. The molecule has 0 aliphatic rings. The first-order valence-corrected chi connectivity index (χ1v) is 1.88. The average molecular weight is 86.1 g/mol. The molecule has 0 aromatic heterocycles. The summed E-state index contributed by atoms with van der Waals surface area (Å²) >= 11 is 0. The van der Waals surface area contributed by atoms with E-state index in [-0.39, 0.29) is 0 Å². The van der Waals surface area contributed by atoms with Crippen molar-refractivity contribution in [2.75, 3.05) is 6.54 Å². The third-order valence-electron chi connectivity index (χ3n) is 0.606. The van der Waals surface area contributed by atoms with Crippen LogP contribution in [0.5, 0.6) is 0 Å². The molecule has 4 N–H and O–H groups in total. The molecule has 0 atom stereocenters. The summed E-state index contributed by atoms with van der Waals surface area (Å²) in [6.45, 7) is 2.45. The van der Waals surface area contributed by atoms with Gasteiger partial charge in [-0.2, -0.15) is 0 Å². The van der Waals surface area contributed by atoms with Crippen molar-refractivity contribution >= 4 is 0 Å². The van der Waals surface area contributed by atoms with Gasteiger partial charge in [-0.25, -0.2) is 0 Å². The van der Waals surface area contributed by atoms with Crippen LogP contribution in [0.1, 0.15) is 6.92 Å². The van der Waals surface area contributed by atoms with Gasteiger partial charge < -0.3 is 11.5 Å². The molecular formula is C4H10N2. The van der Waals surface area contributed by atoms with E-state index in [1.807, 2.05) is 6.92 Å². The van der Waals surface area contributed by atoms with E-state index in [0.29, 0.717) is 6.54 Å². The van der Waals surface area contributed by atoms with Gasteiger partial charge in [0.05, 0.1) is 0 Å². The van der Waals surface area contributed by atoms with E-state index < -0.39 is 0 Å². The summed E-state index contributed by atoms with van der Waals surface area (Å²) in [5, 5.41) is 0. The van der Waals surface area contributed by atoms with Crippen molar-refractivity contribution in [2.45, 2.75) is 6.92 Å². The lowest BCUT2D eigenvalue weighted by molar-refractivity contribution is 1.12. The molecule has 0 amide bonds. The SMILES string of the molecule is C/C(=C/N)CN. The number of hydrogen-bond acceptors (Lipinski definition) is 2. The molecule has 0 spiro atoms. The topological polar surface area (TPSA) is 52.0 Å². The zero-order chi connectivity index (χ0) is 4.99. The van der Waals surface area contributed by atoms with Crippen LogP contribution in [0.25, 0.3) is 0 Å². The zero-order valence-electron chi connectivity index (χ0n) is 3.94. The van der Waals surface area contributed by atoms with Crippen LogP contribution in [0.4, 0.5) is 0 Å². The van der Waals surface area contributed by atoms with Crippen LogP contribution in [0.3, 0.4) is 0 Å². The van der Waals surface area contributed by atoms with Crippen molar-refractivity contribution in [3.05, 3.63) is 11.8 Å². The first-order chi connectivity index (χ1) is 2.81. The van der Waals surface area contributed by atoms with Gasteiger partial charge in [0.15, 0.2) is 0 Å². The molecule has 0 bridgehead atoms. The lowest BCUT2D eigenvalue weighted by atomic mass is 10.3. The highest BCUT2D eigenvalue weighted by molar-refractivity contribution is 4.95. The summed E-state index contributed by atoms with van der Waals surface area (Å²) in [4.78, 5) is 0. The summed E-state index contributed by atoms with van der Waals surface area (Å²) in [6, 6.07) is 0. The minimum absolute atomic E-state index is 0.566. The Morgan fingerprint density at radius 1 is 1.83 bits per heavy atom. The molecule has 0 heterocycles. The van der Waals surface area contributed by atoms with Gasteiger partial charge in [0.1, 0.15) is 0 Å². The van der Waals surface area contributed by atoms with Crippen LogP contribution in [-0.4, -0.2) is 6.54 Å². The van der Waals surface area contributed by atoms with E-state index in [2.05, 4.69) is 0 Å². The molecule has 36 valence electrons. The lowest BCUT2D eigenvalue weighted by Crippen LogP contribution is -2.01. The molecule has 0 aliphatic carbocycles. The molecule has 2 nitrogen and oxygen atoms in total. The number of nitrogens with two attached hydrogens (primary N) is 2. The van der Waals surface area contributed by atoms with Crippen molar-refractivity contribution in [2.24, 2.45) is 11.5 Å². The van der Waals surface area contributed by atoms with Crippen LogP contribution in [0, 0.1) is 0 Å². The fourth-order valence-corrected chi connectivity index (χ4v) is 0.0680. The van der Waals surface area contributed by atoms with Crippen LogP contribution in [0.15, 0.2) is 11.8 Å². The van der Waals surface area contributed by atoms with E-state index >= 15 is 0 Å². The molecular weight excluding hydrogens is 76.1 g/mol. The molecule has 0 unspecified atom stereocenters. The lowest BCUT2D eigenvalue weighted by Gasteiger charge is -1.85. The highest BCUT2D eigenvalue weighted by Crippen LogP contribution is 1.78. The minimum Gasteiger partial charge on any atom is -0.405 e. The van der Waals surface area contributed by atoms with E-state index in [9.17, 15) is 0 Å². The van der Waals surface area contributed by atoms with E-state index in [0.717, 1.165) is 5.57 Å². The Bertz CT molecular complexity index is 56.6. The van der Waals surface area contributed by atoms with Crippen LogP contribution in [-0.2, 0) is 0 Å². The van der Waals surface area contributed by atoms with Gasteiger partial charge in [0.25, 0.3) is 0 Å². The van der Waals surface area contributed by atoms with Gasteiger partial charge in [-0.1, -0.05) is 0 Å². The normalized spacial score (nSPS) is 12.0. The van der Waals surface area contributed by atoms with Crippen molar-refractivity contribution < 1.29 is 0 Å². The smallest absolute Gasteiger partial charge is 0.0151 e. The molecule has 0 aliphatic heterocycles.